The van der Waals surface area contributed by atoms with Crippen LogP contribution in [0.2, 0.25) is 0 Å². The number of aromatic hydroxyl groups is 1. The maximum atomic E-state index is 13.8. The summed E-state index contributed by atoms with van der Waals surface area (Å²) in [6.07, 6.45) is -10.1. The van der Waals surface area contributed by atoms with E-state index in [4.69, 9.17) is 33.6 Å². The minimum atomic E-state index is -5.08. The van der Waals surface area contributed by atoms with Crippen molar-refractivity contribution in [3.63, 3.8) is 0 Å². The Morgan fingerprint density at radius 1 is 0.926 bits per heavy atom. The fourth-order valence-corrected chi connectivity index (χ4v) is 7.51. The van der Waals surface area contributed by atoms with Crippen LogP contribution in [0, 0.1) is 0 Å². The van der Waals surface area contributed by atoms with Gasteiger partial charge in [0.1, 0.15) is 5.76 Å². The van der Waals surface area contributed by atoms with Crippen molar-refractivity contribution in [3.05, 3.63) is 71.0 Å². The van der Waals surface area contributed by atoms with Gasteiger partial charge < -0.3 is 49.0 Å². The fourth-order valence-electron chi connectivity index (χ4n) is 7.51. The number of carbonyl (C=O) groups is 6. The maximum absolute atomic E-state index is 13.8. The standard InChI is InChI=1S/C33H33NO13.C2HF3O2/c1-16(35)43-26(27(44-17(2)36)31(41)47-24(29(38)39)18-7-5-4-6-8-18)30(40)45-21-11-12-33(42)22-15-19-9-10-20(37)25-23(19)32(33,28(21)46-25)13-14-34(22)3;3-2(4,5)1(6)7/h4-11,22,24,26-28,37,42H,12-15H2,1-3H3,(H,38,39);(H,6,7)/t22-,24?,26?,27?,28+,32+,33-;/m1./s1. The lowest BCUT2D eigenvalue weighted by Gasteiger charge is -2.61. The Morgan fingerprint density at radius 2 is 1.52 bits per heavy atom. The number of hydrogen-bond acceptors (Lipinski definition) is 14. The van der Waals surface area contributed by atoms with Gasteiger partial charge in [-0.2, -0.15) is 13.2 Å². The lowest BCUT2D eigenvalue weighted by atomic mass is 9.50. The highest BCUT2D eigenvalue weighted by molar-refractivity contribution is 5.90. The molecule has 7 atom stereocenters. The van der Waals surface area contributed by atoms with Crippen LogP contribution in [0.15, 0.2) is 54.3 Å². The van der Waals surface area contributed by atoms with Crippen molar-refractivity contribution in [2.75, 3.05) is 13.6 Å². The molecule has 3 unspecified atom stereocenters. The van der Waals surface area contributed by atoms with E-state index in [1.54, 1.807) is 12.1 Å². The van der Waals surface area contributed by atoms with E-state index in [-0.39, 0.29) is 35.3 Å². The molecule has 0 radical (unpaired) electrons. The molecule has 0 amide bonds. The van der Waals surface area contributed by atoms with E-state index >= 15 is 0 Å². The van der Waals surface area contributed by atoms with Crippen molar-refractivity contribution < 1.29 is 86.0 Å². The predicted octanol–water partition coefficient (Wildman–Crippen LogP) is 2.08. The van der Waals surface area contributed by atoms with Crippen molar-refractivity contribution in [2.45, 2.75) is 80.8 Å². The van der Waals surface area contributed by atoms with Crippen molar-refractivity contribution >= 4 is 35.8 Å². The summed E-state index contributed by atoms with van der Waals surface area (Å²) in [4.78, 5) is 74.4. The second kappa shape index (κ2) is 14.6. The summed E-state index contributed by atoms with van der Waals surface area (Å²) in [6, 6.07) is 10.4. The third-order valence-corrected chi connectivity index (χ3v) is 9.70. The van der Waals surface area contributed by atoms with E-state index in [0.29, 0.717) is 24.9 Å². The Hall–Kier alpha value is -5.69. The van der Waals surface area contributed by atoms with Crippen LogP contribution in [-0.2, 0) is 59.6 Å². The molecule has 4 aliphatic rings. The van der Waals surface area contributed by atoms with Crippen LogP contribution in [0.3, 0.4) is 0 Å². The van der Waals surface area contributed by atoms with Gasteiger partial charge in [0.25, 0.3) is 0 Å². The van der Waals surface area contributed by atoms with Gasteiger partial charge in [-0.1, -0.05) is 36.4 Å². The molecule has 6 rings (SSSR count). The topological polar surface area (TPSA) is 233 Å². The zero-order valence-corrected chi connectivity index (χ0v) is 28.7. The van der Waals surface area contributed by atoms with Gasteiger partial charge in [0.2, 0.25) is 18.3 Å². The molecule has 4 N–H and O–H groups in total. The molecule has 2 aromatic carbocycles. The predicted molar refractivity (Wildman–Crippen MR) is 170 cm³/mol. The van der Waals surface area contributed by atoms with E-state index in [1.165, 1.54) is 36.4 Å². The average molecular weight is 766 g/mol. The zero-order chi connectivity index (χ0) is 39.9. The number of esters is 4. The lowest BCUT2D eigenvalue weighted by molar-refractivity contribution is -0.195. The number of aliphatic carboxylic acids is 2. The van der Waals surface area contributed by atoms with Gasteiger partial charge in [-0.05, 0) is 44.1 Å². The number of carboxylic acid groups (broad SMARTS) is 2. The molecule has 0 saturated carbocycles. The van der Waals surface area contributed by atoms with E-state index in [9.17, 15) is 52.5 Å². The summed E-state index contributed by atoms with van der Waals surface area (Å²) >= 11 is 0. The first-order valence-corrected chi connectivity index (χ1v) is 16.2. The number of likely N-dealkylation sites (tertiary alicyclic amines) is 1. The molecular weight excluding hydrogens is 731 g/mol. The Kier molecular flexibility index (Phi) is 10.7. The molecule has 0 aromatic heterocycles. The van der Waals surface area contributed by atoms with E-state index < -0.39 is 77.4 Å². The highest BCUT2D eigenvalue weighted by Gasteiger charge is 2.72. The number of benzene rings is 2. The molecule has 19 heteroatoms. The Morgan fingerprint density at radius 3 is 2.07 bits per heavy atom. The fraction of sp³-hybridized carbons (Fsp3) is 0.429. The number of likely N-dealkylation sites (N-methyl/N-ethyl adjacent to an activating group) is 1. The molecule has 2 heterocycles. The van der Waals surface area contributed by atoms with Crippen LogP contribution in [0.25, 0.3) is 0 Å². The van der Waals surface area contributed by atoms with E-state index in [2.05, 4.69) is 4.90 Å². The lowest BCUT2D eigenvalue weighted by Crippen LogP contribution is -2.74. The first-order chi connectivity index (χ1) is 25.2. The molecule has 1 fully saturated rings. The minimum absolute atomic E-state index is 0.0318. The minimum Gasteiger partial charge on any atom is -0.504 e. The summed E-state index contributed by atoms with van der Waals surface area (Å²) in [5, 5.41) is 40.0. The number of phenolic OH excluding ortho intramolecular Hbond substituents is 1. The quantitative estimate of drug-likeness (QED) is 0.211. The Bertz CT molecular complexity index is 1900. The normalized spacial score (nSPS) is 25.1. The van der Waals surface area contributed by atoms with Crippen molar-refractivity contribution in [3.8, 4) is 11.5 Å². The molecule has 2 aliphatic heterocycles. The monoisotopic (exact) mass is 765 g/mol. The first kappa shape index (κ1) is 39.5. The average Bonchev–Trinajstić information content (AvgIpc) is 3.45. The van der Waals surface area contributed by atoms with Gasteiger partial charge in [-0.15, -0.1) is 0 Å². The van der Waals surface area contributed by atoms with Gasteiger partial charge in [0, 0.05) is 37.4 Å². The first-order valence-electron chi connectivity index (χ1n) is 16.2. The molecule has 2 aliphatic carbocycles. The van der Waals surface area contributed by atoms with Crippen molar-refractivity contribution in [1.29, 1.82) is 0 Å². The highest BCUT2D eigenvalue weighted by atomic mass is 19.4. The molecule has 1 saturated heterocycles. The molecule has 54 heavy (non-hydrogen) atoms. The summed E-state index contributed by atoms with van der Waals surface area (Å²) in [5.74, 6) is -9.34. The number of phenols is 1. The molecule has 16 nitrogen and oxygen atoms in total. The number of carbonyl (C=O) groups excluding carboxylic acids is 4. The van der Waals surface area contributed by atoms with Crippen molar-refractivity contribution in [1.82, 2.24) is 4.90 Å². The molecule has 1 spiro atoms. The number of rotatable bonds is 9. The highest BCUT2D eigenvalue weighted by Crippen LogP contribution is 2.65. The maximum Gasteiger partial charge on any atom is 0.490 e. The summed E-state index contributed by atoms with van der Waals surface area (Å²) < 4.78 is 59.1. The van der Waals surface area contributed by atoms with Crippen LogP contribution < -0.4 is 4.74 Å². The van der Waals surface area contributed by atoms with Crippen LogP contribution in [-0.4, -0.2) is 111 Å². The number of alkyl halides is 3. The third-order valence-electron chi connectivity index (χ3n) is 9.70. The number of nitrogens with zero attached hydrogens (tertiary/aromatic N) is 1. The largest absolute Gasteiger partial charge is 0.504 e. The van der Waals surface area contributed by atoms with Crippen LogP contribution in [0.5, 0.6) is 11.5 Å². The molecule has 2 aromatic rings. The number of halogens is 3. The third kappa shape index (κ3) is 7.03. The number of aliphatic hydroxyl groups is 1. The second-order valence-electron chi connectivity index (χ2n) is 13.0. The van der Waals surface area contributed by atoms with Crippen molar-refractivity contribution in [2.24, 2.45) is 0 Å². The summed E-state index contributed by atoms with van der Waals surface area (Å²) in [6.45, 7) is 2.44. The molecule has 290 valence electrons. The zero-order valence-electron chi connectivity index (χ0n) is 28.7. The molecule has 2 bridgehead atoms. The van der Waals surface area contributed by atoms with E-state index in [1.807, 2.05) is 7.05 Å². The van der Waals surface area contributed by atoms with Gasteiger partial charge in [-0.3, -0.25) is 9.59 Å². The Labute approximate surface area is 303 Å². The number of carboxylic acids is 2. The van der Waals surface area contributed by atoms with Crippen LogP contribution in [0.4, 0.5) is 13.2 Å². The van der Waals surface area contributed by atoms with Crippen LogP contribution in [0.1, 0.15) is 49.5 Å². The number of hydrogen-bond donors (Lipinski definition) is 4. The smallest absolute Gasteiger partial charge is 0.490 e. The second-order valence-corrected chi connectivity index (χ2v) is 13.0. The number of ether oxygens (including phenoxy) is 5. The SMILES string of the molecule is CC(=O)OC(C(=O)OC1=CC[C@@]2(O)[C@H]3Cc4ccc(O)c5c4[C@@]2(CCN3C)[C@H]1O5)C(OC(C)=O)C(=O)OC(C(=O)O)c1ccccc1.O=C(O)C(F)(F)F. The van der Waals surface area contributed by atoms with Gasteiger partial charge >= 0.3 is 42.0 Å². The van der Waals surface area contributed by atoms with Gasteiger partial charge in [0.05, 0.1) is 11.0 Å². The number of piperidine rings is 1. The summed E-state index contributed by atoms with van der Waals surface area (Å²) in [7, 11) is 1.91. The van der Waals surface area contributed by atoms with Gasteiger partial charge in [0.15, 0.2) is 17.6 Å². The summed E-state index contributed by atoms with van der Waals surface area (Å²) in [5.41, 5.74) is -0.906. The van der Waals surface area contributed by atoms with Gasteiger partial charge in [-0.25, -0.2) is 19.2 Å². The van der Waals surface area contributed by atoms with E-state index in [0.717, 1.165) is 19.4 Å². The Balaban J connectivity index is 0.000000730. The van der Waals surface area contributed by atoms with Crippen LogP contribution >= 0.6 is 0 Å². The molecular formula is C35H34F3NO15.